The summed E-state index contributed by atoms with van der Waals surface area (Å²) in [4.78, 5) is 2.29. The zero-order chi connectivity index (χ0) is 8.43. The van der Waals surface area contributed by atoms with Crippen LogP contribution in [0.4, 0.5) is 0 Å². The molecule has 0 aromatic carbocycles. The molecule has 0 aromatic rings. The molecule has 2 atom stereocenters. The molecule has 1 saturated heterocycles. The van der Waals surface area contributed by atoms with E-state index >= 15 is 0 Å². The SMILES string of the molecule is C[C@@H]1CN(C)[C@H](C)C/C1=N/O. The van der Waals surface area contributed by atoms with Gasteiger partial charge in [-0.15, -0.1) is 0 Å². The van der Waals surface area contributed by atoms with Gasteiger partial charge in [-0.2, -0.15) is 0 Å². The van der Waals surface area contributed by atoms with Gasteiger partial charge in [-0.3, -0.25) is 0 Å². The van der Waals surface area contributed by atoms with E-state index in [1.54, 1.807) is 0 Å². The van der Waals surface area contributed by atoms with Gasteiger partial charge in [0.15, 0.2) is 0 Å². The van der Waals surface area contributed by atoms with E-state index in [1.165, 1.54) is 0 Å². The lowest BCUT2D eigenvalue weighted by Gasteiger charge is -2.33. The third kappa shape index (κ3) is 1.71. The van der Waals surface area contributed by atoms with E-state index in [9.17, 15) is 0 Å². The Labute approximate surface area is 67.7 Å². The average molecular weight is 156 g/mol. The van der Waals surface area contributed by atoms with Crippen molar-refractivity contribution in [1.29, 1.82) is 0 Å². The number of piperidine rings is 1. The Balaban J connectivity index is 2.62. The fourth-order valence-electron chi connectivity index (χ4n) is 1.52. The van der Waals surface area contributed by atoms with Gasteiger partial charge in [0.05, 0.1) is 5.71 Å². The molecule has 3 nitrogen and oxygen atoms in total. The highest BCUT2D eigenvalue weighted by atomic mass is 16.4. The first-order chi connectivity index (χ1) is 5.15. The van der Waals surface area contributed by atoms with Crippen molar-refractivity contribution in [1.82, 2.24) is 4.90 Å². The highest BCUT2D eigenvalue weighted by Crippen LogP contribution is 2.17. The van der Waals surface area contributed by atoms with Gasteiger partial charge in [-0.1, -0.05) is 12.1 Å². The third-order valence-corrected chi connectivity index (χ3v) is 2.52. The van der Waals surface area contributed by atoms with Crippen LogP contribution in [-0.4, -0.2) is 35.5 Å². The molecule has 1 fully saturated rings. The molecule has 0 aromatic heterocycles. The zero-order valence-corrected chi connectivity index (χ0v) is 7.41. The van der Waals surface area contributed by atoms with Crippen LogP contribution < -0.4 is 0 Å². The summed E-state index contributed by atoms with van der Waals surface area (Å²) < 4.78 is 0. The van der Waals surface area contributed by atoms with E-state index in [1.807, 2.05) is 0 Å². The second kappa shape index (κ2) is 3.22. The summed E-state index contributed by atoms with van der Waals surface area (Å²) in [5, 5.41) is 11.9. The first kappa shape index (κ1) is 8.53. The minimum Gasteiger partial charge on any atom is -0.411 e. The molecule has 1 rings (SSSR count). The van der Waals surface area contributed by atoms with Crippen LogP contribution in [0.3, 0.4) is 0 Å². The zero-order valence-electron chi connectivity index (χ0n) is 7.41. The normalized spacial score (nSPS) is 37.9. The van der Waals surface area contributed by atoms with Gasteiger partial charge >= 0.3 is 0 Å². The van der Waals surface area contributed by atoms with E-state index in [2.05, 4.69) is 31.0 Å². The summed E-state index contributed by atoms with van der Waals surface area (Å²) in [6, 6.07) is 0.511. The quantitative estimate of drug-likeness (QED) is 0.422. The van der Waals surface area contributed by atoms with Crippen LogP contribution in [0.25, 0.3) is 0 Å². The van der Waals surface area contributed by atoms with E-state index in [-0.39, 0.29) is 0 Å². The van der Waals surface area contributed by atoms with Crippen molar-refractivity contribution in [2.75, 3.05) is 13.6 Å². The van der Waals surface area contributed by atoms with Crippen molar-refractivity contribution in [3.63, 3.8) is 0 Å². The predicted octanol–water partition coefficient (Wildman–Crippen LogP) is 1.18. The van der Waals surface area contributed by atoms with E-state index in [0.29, 0.717) is 12.0 Å². The molecule has 64 valence electrons. The Morgan fingerprint density at radius 2 is 2.18 bits per heavy atom. The standard InChI is InChI=1S/C8H16N2O/c1-6-5-10(3)7(2)4-8(6)9-11/h6-7,11H,4-5H2,1-3H3/b9-8-/t6-,7-/m1/s1. The maximum absolute atomic E-state index is 8.63. The van der Waals surface area contributed by atoms with Gasteiger partial charge in [0.25, 0.3) is 0 Å². The lowest BCUT2D eigenvalue weighted by atomic mass is 9.93. The predicted molar refractivity (Wildman–Crippen MR) is 45.1 cm³/mol. The third-order valence-electron chi connectivity index (χ3n) is 2.52. The van der Waals surface area contributed by atoms with Crippen LogP contribution >= 0.6 is 0 Å². The highest BCUT2D eigenvalue weighted by molar-refractivity contribution is 5.87. The fraction of sp³-hybridized carbons (Fsp3) is 0.875. The Kier molecular flexibility index (Phi) is 2.49. The van der Waals surface area contributed by atoms with Crippen molar-refractivity contribution in [2.45, 2.75) is 26.3 Å². The van der Waals surface area contributed by atoms with Gasteiger partial charge in [0.2, 0.25) is 0 Å². The summed E-state index contributed by atoms with van der Waals surface area (Å²) in [6.07, 6.45) is 0.897. The summed E-state index contributed by atoms with van der Waals surface area (Å²) >= 11 is 0. The van der Waals surface area contributed by atoms with Crippen molar-refractivity contribution in [2.24, 2.45) is 11.1 Å². The maximum atomic E-state index is 8.63. The summed E-state index contributed by atoms with van der Waals surface area (Å²) in [7, 11) is 2.11. The van der Waals surface area contributed by atoms with Crippen LogP contribution in [-0.2, 0) is 0 Å². The second-order valence-corrected chi connectivity index (χ2v) is 3.49. The number of rotatable bonds is 0. The van der Waals surface area contributed by atoms with Crippen LogP contribution in [0, 0.1) is 5.92 Å². The maximum Gasteiger partial charge on any atom is 0.0627 e. The van der Waals surface area contributed by atoms with Crippen LogP contribution in [0.1, 0.15) is 20.3 Å². The summed E-state index contributed by atoms with van der Waals surface area (Å²) in [5.74, 6) is 0.404. The number of nitrogens with zero attached hydrogens (tertiary/aromatic N) is 2. The van der Waals surface area contributed by atoms with Gasteiger partial charge in [0.1, 0.15) is 0 Å². The number of likely N-dealkylation sites (tertiary alicyclic amines) is 1. The molecular weight excluding hydrogens is 140 g/mol. The van der Waals surface area contributed by atoms with Crippen molar-refractivity contribution >= 4 is 5.71 Å². The van der Waals surface area contributed by atoms with Gasteiger partial charge in [-0.25, -0.2) is 0 Å². The molecule has 0 amide bonds. The summed E-state index contributed by atoms with van der Waals surface area (Å²) in [6.45, 7) is 5.25. The molecule has 3 heteroatoms. The molecule has 0 radical (unpaired) electrons. The smallest absolute Gasteiger partial charge is 0.0627 e. The second-order valence-electron chi connectivity index (χ2n) is 3.49. The number of oxime groups is 1. The lowest BCUT2D eigenvalue weighted by Crippen LogP contribution is -2.42. The highest BCUT2D eigenvalue weighted by Gasteiger charge is 2.25. The number of hydrogen-bond donors (Lipinski definition) is 1. The van der Waals surface area contributed by atoms with E-state index < -0.39 is 0 Å². The molecular formula is C8H16N2O. The Morgan fingerprint density at radius 1 is 1.55 bits per heavy atom. The molecule has 0 unspecified atom stereocenters. The van der Waals surface area contributed by atoms with E-state index in [4.69, 9.17) is 5.21 Å². The number of hydrogen-bond acceptors (Lipinski definition) is 3. The van der Waals surface area contributed by atoms with Crippen LogP contribution in [0.5, 0.6) is 0 Å². The molecule has 0 bridgehead atoms. The minimum absolute atomic E-state index is 0.404. The van der Waals surface area contributed by atoms with Crippen molar-refractivity contribution < 1.29 is 5.21 Å². The van der Waals surface area contributed by atoms with Crippen LogP contribution in [0.2, 0.25) is 0 Å². The largest absolute Gasteiger partial charge is 0.411 e. The molecule has 0 aliphatic carbocycles. The monoisotopic (exact) mass is 156 g/mol. The topological polar surface area (TPSA) is 35.8 Å². The van der Waals surface area contributed by atoms with Gasteiger partial charge in [0, 0.05) is 24.9 Å². The Bertz CT molecular complexity index is 167. The summed E-state index contributed by atoms with van der Waals surface area (Å²) in [5.41, 5.74) is 0.940. The lowest BCUT2D eigenvalue weighted by molar-refractivity contribution is 0.216. The molecule has 1 aliphatic heterocycles. The minimum atomic E-state index is 0.404. The van der Waals surface area contributed by atoms with Gasteiger partial charge in [-0.05, 0) is 14.0 Å². The average Bonchev–Trinajstić information content (AvgIpc) is 1.97. The molecule has 0 saturated carbocycles. The molecule has 0 spiro atoms. The fourth-order valence-corrected chi connectivity index (χ4v) is 1.52. The molecule has 11 heavy (non-hydrogen) atoms. The Hall–Kier alpha value is -0.570. The van der Waals surface area contributed by atoms with Gasteiger partial charge < -0.3 is 10.1 Å². The molecule has 1 heterocycles. The Morgan fingerprint density at radius 3 is 2.73 bits per heavy atom. The van der Waals surface area contributed by atoms with E-state index in [0.717, 1.165) is 18.7 Å². The molecule has 1 aliphatic rings. The van der Waals surface area contributed by atoms with Crippen LogP contribution in [0.15, 0.2) is 5.16 Å². The first-order valence-corrected chi connectivity index (χ1v) is 4.06. The molecule has 1 N–H and O–H groups in total. The van der Waals surface area contributed by atoms with Crippen molar-refractivity contribution in [3.05, 3.63) is 0 Å². The van der Waals surface area contributed by atoms with Crippen molar-refractivity contribution in [3.8, 4) is 0 Å². The first-order valence-electron chi connectivity index (χ1n) is 4.06.